The summed E-state index contributed by atoms with van der Waals surface area (Å²) in [7, 11) is 0. The zero-order chi connectivity index (χ0) is 11.1. The van der Waals surface area contributed by atoms with Crippen LogP contribution < -0.4 is 5.32 Å². The van der Waals surface area contributed by atoms with E-state index >= 15 is 0 Å². The molecule has 0 spiro atoms. The molecule has 1 heterocycles. The number of nitrogens with one attached hydrogen (secondary N) is 1. The minimum atomic E-state index is -0.388. The molecule has 1 amide bonds. The smallest absolute Gasteiger partial charge is 0.407 e. The van der Waals surface area contributed by atoms with Crippen LogP contribution in [-0.4, -0.2) is 38.2 Å². The van der Waals surface area contributed by atoms with E-state index in [0.717, 1.165) is 12.8 Å². The minimum Gasteiger partial charge on any atom is -0.450 e. The fourth-order valence-electron chi connectivity index (χ4n) is 1.51. The number of hydrogen-bond acceptors (Lipinski definition) is 4. The largest absolute Gasteiger partial charge is 0.450 e. The molecule has 15 heavy (non-hydrogen) atoms. The molecule has 0 saturated carbocycles. The van der Waals surface area contributed by atoms with Crippen LogP contribution in [0.5, 0.6) is 0 Å². The molecular formula is C10H19NO4. The van der Waals surface area contributed by atoms with E-state index in [-0.39, 0.29) is 18.5 Å². The molecule has 2 unspecified atom stereocenters. The first kappa shape index (κ1) is 12.3. The van der Waals surface area contributed by atoms with Crippen molar-refractivity contribution in [3.63, 3.8) is 0 Å². The lowest BCUT2D eigenvalue weighted by Gasteiger charge is -2.13. The molecule has 0 radical (unpaired) electrons. The lowest BCUT2D eigenvalue weighted by atomic mass is 10.2. The second-order valence-electron chi connectivity index (χ2n) is 3.32. The fraction of sp³-hybridized carbons (Fsp3) is 0.900. The third-order valence-electron chi connectivity index (χ3n) is 2.17. The number of ether oxygens (including phenoxy) is 3. The van der Waals surface area contributed by atoms with Crippen LogP contribution in [0, 0.1) is 0 Å². The quantitative estimate of drug-likeness (QED) is 0.753. The highest BCUT2D eigenvalue weighted by atomic mass is 16.7. The molecule has 0 aromatic heterocycles. The molecular weight excluding hydrogens is 198 g/mol. The van der Waals surface area contributed by atoms with Crippen molar-refractivity contribution >= 4 is 6.09 Å². The Morgan fingerprint density at radius 3 is 2.87 bits per heavy atom. The van der Waals surface area contributed by atoms with E-state index in [2.05, 4.69) is 5.32 Å². The van der Waals surface area contributed by atoms with Crippen LogP contribution in [0.2, 0.25) is 0 Å². The Morgan fingerprint density at radius 1 is 1.40 bits per heavy atom. The van der Waals surface area contributed by atoms with Crippen molar-refractivity contribution < 1.29 is 19.0 Å². The van der Waals surface area contributed by atoms with E-state index in [1.54, 1.807) is 6.92 Å². The monoisotopic (exact) mass is 217 g/mol. The SMILES string of the molecule is CCOC(=O)NCC1CCC(OCC)O1. The van der Waals surface area contributed by atoms with Gasteiger partial charge in [0, 0.05) is 19.6 Å². The molecule has 1 saturated heterocycles. The predicted octanol–water partition coefficient (Wildman–Crippen LogP) is 1.27. The Bertz CT molecular complexity index is 198. The third kappa shape index (κ3) is 4.48. The first-order valence-electron chi connectivity index (χ1n) is 5.44. The molecule has 1 aliphatic heterocycles. The first-order chi connectivity index (χ1) is 7.26. The van der Waals surface area contributed by atoms with E-state index in [9.17, 15) is 4.79 Å². The number of amides is 1. The minimum absolute atomic E-state index is 0.0472. The van der Waals surface area contributed by atoms with E-state index in [1.165, 1.54) is 0 Å². The first-order valence-corrected chi connectivity index (χ1v) is 5.44. The molecule has 1 fully saturated rings. The van der Waals surface area contributed by atoms with Crippen molar-refractivity contribution in [1.82, 2.24) is 5.32 Å². The molecule has 5 nitrogen and oxygen atoms in total. The van der Waals surface area contributed by atoms with E-state index in [1.807, 2.05) is 6.92 Å². The summed E-state index contributed by atoms with van der Waals surface area (Å²) < 4.78 is 15.6. The van der Waals surface area contributed by atoms with Gasteiger partial charge in [-0.05, 0) is 20.3 Å². The van der Waals surface area contributed by atoms with Gasteiger partial charge in [0.25, 0.3) is 0 Å². The number of alkyl carbamates (subject to hydrolysis) is 1. The second kappa shape index (κ2) is 6.63. The normalized spacial score (nSPS) is 25.2. The highest BCUT2D eigenvalue weighted by Crippen LogP contribution is 2.19. The summed E-state index contributed by atoms with van der Waals surface area (Å²) in [5.41, 5.74) is 0. The summed E-state index contributed by atoms with van der Waals surface area (Å²) in [6, 6.07) is 0. The highest BCUT2D eigenvalue weighted by molar-refractivity contribution is 5.67. The maximum Gasteiger partial charge on any atom is 0.407 e. The number of rotatable bonds is 5. The number of hydrogen-bond donors (Lipinski definition) is 1. The molecule has 2 atom stereocenters. The zero-order valence-electron chi connectivity index (χ0n) is 9.32. The van der Waals surface area contributed by atoms with Crippen molar-refractivity contribution in [3.8, 4) is 0 Å². The summed E-state index contributed by atoms with van der Waals surface area (Å²) in [5.74, 6) is 0. The van der Waals surface area contributed by atoms with Crippen molar-refractivity contribution in [2.75, 3.05) is 19.8 Å². The average Bonchev–Trinajstić information content (AvgIpc) is 2.64. The van der Waals surface area contributed by atoms with Gasteiger partial charge in [0.2, 0.25) is 0 Å². The van der Waals surface area contributed by atoms with Crippen LogP contribution >= 0.6 is 0 Å². The van der Waals surface area contributed by atoms with Crippen LogP contribution in [0.1, 0.15) is 26.7 Å². The molecule has 1 N–H and O–H groups in total. The molecule has 88 valence electrons. The summed E-state index contributed by atoms with van der Waals surface area (Å²) in [6.07, 6.45) is 1.36. The van der Waals surface area contributed by atoms with Gasteiger partial charge in [0.15, 0.2) is 6.29 Å². The van der Waals surface area contributed by atoms with Gasteiger partial charge in [0.05, 0.1) is 12.7 Å². The maximum atomic E-state index is 11.0. The van der Waals surface area contributed by atoms with Gasteiger partial charge in [-0.25, -0.2) is 4.79 Å². The van der Waals surface area contributed by atoms with Crippen molar-refractivity contribution in [3.05, 3.63) is 0 Å². The summed E-state index contributed by atoms with van der Waals surface area (Å²) in [4.78, 5) is 11.0. The van der Waals surface area contributed by atoms with Gasteiger partial charge < -0.3 is 19.5 Å². The van der Waals surface area contributed by atoms with E-state index < -0.39 is 0 Å². The lowest BCUT2D eigenvalue weighted by Crippen LogP contribution is -2.32. The molecule has 0 aromatic carbocycles. The van der Waals surface area contributed by atoms with E-state index in [4.69, 9.17) is 14.2 Å². The molecule has 1 rings (SSSR count). The van der Waals surface area contributed by atoms with Gasteiger partial charge in [0.1, 0.15) is 0 Å². The Balaban J connectivity index is 2.10. The summed E-state index contributed by atoms with van der Waals surface area (Å²) in [5, 5.41) is 2.65. The van der Waals surface area contributed by atoms with E-state index in [0.29, 0.717) is 19.8 Å². The standard InChI is InChI=1S/C10H19NO4/c1-3-13-9-6-5-8(15-9)7-11-10(12)14-4-2/h8-9H,3-7H2,1-2H3,(H,11,12). The van der Waals surface area contributed by atoms with Crippen molar-refractivity contribution in [2.45, 2.75) is 39.1 Å². The molecule has 1 aliphatic rings. The summed E-state index contributed by atoms with van der Waals surface area (Å²) in [6.45, 7) is 5.24. The maximum absolute atomic E-state index is 11.0. The predicted molar refractivity (Wildman–Crippen MR) is 54.5 cm³/mol. The van der Waals surface area contributed by atoms with Gasteiger partial charge >= 0.3 is 6.09 Å². The van der Waals surface area contributed by atoms with Crippen LogP contribution in [0.15, 0.2) is 0 Å². The summed E-state index contributed by atoms with van der Waals surface area (Å²) >= 11 is 0. The Morgan fingerprint density at radius 2 is 2.20 bits per heavy atom. The van der Waals surface area contributed by atoms with Crippen LogP contribution in [0.25, 0.3) is 0 Å². The number of carbonyl (C=O) groups is 1. The van der Waals surface area contributed by atoms with Gasteiger partial charge in [-0.15, -0.1) is 0 Å². The molecule has 0 aliphatic carbocycles. The average molecular weight is 217 g/mol. The molecule has 5 heteroatoms. The third-order valence-corrected chi connectivity index (χ3v) is 2.17. The highest BCUT2D eigenvalue weighted by Gasteiger charge is 2.25. The van der Waals surface area contributed by atoms with Gasteiger partial charge in [-0.1, -0.05) is 0 Å². The Labute approximate surface area is 90.1 Å². The van der Waals surface area contributed by atoms with Gasteiger partial charge in [-0.3, -0.25) is 0 Å². The number of carbonyl (C=O) groups excluding carboxylic acids is 1. The van der Waals surface area contributed by atoms with Crippen LogP contribution in [0.3, 0.4) is 0 Å². The molecule has 0 aromatic rings. The zero-order valence-corrected chi connectivity index (χ0v) is 9.32. The van der Waals surface area contributed by atoms with Gasteiger partial charge in [-0.2, -0.15) is 0 Å². The topological polar surface area (TPSA) is 56.8 Å². The Kier molecular flexibility index (Phi) is 5.42. The lowest BCUT2D eigenvalue weighted by molar-refractivity contribution is -0.128. The van der Waals surface area contributed by atoms with Crippen molar-refractivity contribution in [2.24, 2.45) is 0 Å². The Hall–Kier alpha value is -0.810. The molecule has 0 bridgehead atoms. The van der Waals surface area contributed by atoms with Crippen LogP contribution in [-0.2, 0) is 14.2 Å². The fourth-order valence-corrected chi connectivity index (χ4v) is 1.51. The van der Waals surface area contributed by atoms with Crippen LogP contribution in [0.4, 0.5) is 4.79 Å². The second-order valence-corrected chi connectivity index (χ2v) is 3.32. The van der Waals surface area contributed by atoms with Crippen molar-refractivity contribution in [1.29, 1.82) is 0 Å².